The Hall–Kier alpha value is -3.08. The number of fused-ring (bicyclic) bond motifs is 1. The van der Waals surface area contributed by atoms with Crippen molar-refractivity contribution >= 4 is 11.5 Å². The predicted octanol–water partition coefficient (Wildman–Crippen LogP) is 3.27. The fourth-order valence-electron chi connectivity index (χ4n) is 3.40. The second-order valence-corrected chi connectivity index (χ2v) is 6.78. The fourth-order valence-corrected chi connectivity index (χ4v) is 3.40. The number of nitrogens with one attached hydrogen (secondary N) is 2. The average molecular weight is 346 g/mol. The molecule has 2 heterocycles. The Morgan fingerprint density at radius 3 is 2.85 bits per heavy atom. The molecule has 0 spiro atoms. The minimum absolute atomic E-state index is 0.166. The molecule has 0 saturated carbocycles. The van der Waals surface area contributed by atoms with E-state index in [1.807, 2.05) is 42.7 Å². The number of hydrogen-bond acceptors (Lipinski definition) is 3. The smallest absolute Gasteiger partial charge is 0.196 e. The number of allylic oxidation sites excluding steroid dienone is 2. The van der Waals surface area contributed by atoms with E-state index in [-0.39, 0.29) is 5.54 Å². The highest BCUT2D eigenvalue weighted by atomic mass is 16.5. The maximum absolute atomic E-state index is 5.27. The summed E-state index contributed by atoms with van der Waals surface area (Å²) in [4.78, 5) is 8.80. The minimum atomic E-state index is -0.166. The number of aromatic nitrogens is 1. The molecule has 1 saturated heterocycles. The number of hydrogen-bond donors (Lipinski definition) is 2. The van der Waals surface area contributed by atoms with Gasteiger partial charge in [0.2, 0.25) is 0 Å². The van der Waals surface area contributed by atoms with Crippen molar-refractivity contribution < 1.29 is 4.74 Å². The molecule has 2 aromatic rings. The summed E-state index contributed by atoms with van der Waals surface area (Å²) >= 11 is 0. The van der Waals surface area contributed by atoms with Gasteiger partial charge >= 0.3 is 0 Å². The summed E-state index contributed by atoms with van der Waals surface area (Å²) in [7, 11) is 1.68. The van der Waals surface area contributed by atoms with Crippen molar-refractivity contribution in [2.45, 2.75) is 25.4 Å². The van der Waals surface area contributed by atoms with Gasteiger partial charge in [-0.3, -0.25) is 4.98 Å². The van der Waals surface area contributed by atoms with Gasteiger partial charge in [0.25, 0.3) is 0 Å². The van der Waals surface area contributed by atoms with Crippen LogP contribution in [0.2, 0.25) is 0 Å². The van der Waals surface area contributed by atoms with Crippen LogP contribution in [0.3, 0.4) is 0 Å². The highest BCUT2D eigenvalue weighted by Gasteiger charge is 2.39. The molecule has 1 fully saturated rings. The number of benzene rings is 1. The van der Waals surface area contributed by atoms with Crippen LogP contribution in [-0.2, 0) is 6.54 Å². The van der Waals surface area contributed by atoms with Crippen LogP contribution in [0, 0.1) is 0 Å². The summed E-state index contributed by atoms with van der Waals surface area (Å²) in [5.74, 6) is 1.66. The van der Waals surface area contributed by atoms with Gasteiger partial charge in [-0.15, -0.1) is 0 Å². The Labute approximate surface area is 153 Å². The molecule has 5 nitrogen and oxygen atoms in total. The van der Waals surface area contributed by atoms with Gasteiger partial charge in [0, 0.05) is 24.5 Å². The van der Waals surface area contributed by atoms with Crippen LogP contribution < -0.4 is 15.4 Å². The zero-order valence-corrected chi connectivity index (χ0v) is 15.0. The molecule has 1 aliphatic heterocycles. The van der Waals surface area contributed by atoms with Gasteiger partial charge in [-0.2, -0.15) is 0 Å². The summed E-state index contributed by atoms with van der Waals surface area (Å²) in [5.41, 5.74) is 4.60. The van der Waals surface area contributed by atoms with Gasteiger partial charge in [-0.05, 0) is 54.0 Å². The Bertz CT molecular complexity index is 901. The van der Waals surface area contributed by atoms with E-state index in [0.29, 0.717) is 6.54 Å². The normalized spacial score (nSPS) is 22.8. The Morgan fingerprint density at radius 1 is 1.19 bits per heavy atom. The zero-order chi connectivity index (χ0) is 18.0. The van der Waals surface area contributed by atoms with Gasteiger partial charge in [0.05, 0.1) is 19.2 Å². The molecule has 26 heavy (non-hydrogen) atoms. The van der Waals surface area contributed by atoms with E-state index < -0.39 is 0 Å². The van der Waals surface area contributed by atoms with E-state index in [9.17, 15) is 0 Å². The number of methoxy groups -OCH3 is 1. The SMILES string of the molecule is COc1cccc(CN=C2NC3=CC=C(c4ccncc4)CC3(C)N2)c1. The molecule has 132 valence electrons. The first-order valence-corrected chi connectivity index (χ1v) is 8.71. The van der Waals surface area contributed by atoms with Gasteiger partial charge in [-0.1, -0.05) is 18.2 Å². The maximum atomic E-state index is 5.27. The maximum Gasteiger partial charge on any atom is 0.196 e. The minimum Gasteiger partial charge on any atom is -0.497 e. The second-order valence-electron chi connectivity index (χ2n) is 6.78. The third-order valence-electron chi connectivity index (χ3n) is 4.84. The lowest BCUT2D eigenvalue weighted by atomic mass is 9.84. The van der Waals surface area contributed by atoms with Crippen molar-refractivity contribution in [1.29, 1.82) is 0 Å². The highest BCUT2D eigenvalue weighted by molar-refractivity contribution is 5.88. The fraction of sp³-hybridized carbons (Fsp3) is 0.238. The molecule has 1 aliphatic carbocycles. The van der Waals surface area contributed by atoms with Crippen molar-refractivity contribution in [3.8, 4) is 5.75 Å². The van der Waals surface area contributed by atoms with Crippen LogP contribution in [0.15, 0.2) is 71.6 Å². The van der Waals surface area contributed by atoms with E-state index in [1.54, 1.807) is 7.11 Å². The average Bonchev–Trinajstić information content (AvgIpc) is 3.02. The number of nitrogens with zero attached hydrogens (tertiary/aromatic N) is 2. The monoisotopic (exact) mass is 346 g/mol. The van der Waals surface area contributed by atoms with Crippen LogP contribution >= 0.6 is 0 Å². The first kappa shape index (κ1) is 16.4. The van der Waals surface area contributed by atoms with E-state index in [2.05, 4.69) is 40.8 Å². The highest BCUT2D eigenvalue weighted by Crippen LogP contribution is 2.35. The Balaban J connectivity index is 1.49. The van der Waals surface area contributed by atoms with Crippen molar-refractivity contribution in [2.75, 3.05) is 7.11 Å². The van der Waals surface area contributed by atoms with E-state index in [0.717, 1.165) is 29.4 Å². The van der Waals surface area contributed by atoms with Crippen LogP contribution in [0.25, 0.3) is 5.57 Å². The second kappa shape index (κ2) is 6.67. The molecular formula is C21H22N4O. The van der Waals surface area contributed by atoms with Crippen molar-refractivity contribution in [3.05, 3.63) is 77.8 Å². The van der Waals surface area contributed by atoms with E-state index in [1.165, 1.54) is 11.1 Å². The molecule has 1 aromatic heterocycles. The molecule has 5 heteroatoms. The quantitative estimate of drug-likeness (QED) is 0.892. The largest absolute Gasteiger partial charge is 0.497 e. The summed E-state index contributed by atoms with van der Waals surface area (Å²) in [5, 5.41) is 6.97. The molecule has 0 amide bonds. The van der Waals surface area contributed by atoms with E-state index >= 15 is 0 Å². The van der Waals surface area contributed by atoms with Gasteiger partial charge < -0.3 is 15.4 Å². The van der Waals surface area contributed by atoms with Crippen LogP contribution in [0.1, 0.15) is 24.5 Å². The van der Waals surface area contributed by atoms with Gasteiger partial charge in [0.1, 0.15) is 5.75 Å². The number of guanidine groups is 1. The predicted molar refractivity (Wildman–Crippen MR) is 104 cm³/mol. The molecule has 2 N–H and O–H groups in total. The van der Waals surface area contributed by atoms with Crippen molar-refractivity contribution in [1.82, 2.24) is 15.6 Å². The molecule has 0 radical (unpaired) electrons. The number of aliphatic imine (C=N–C) groups is 1. The molecule has 1 aromatic carbocycles. The molecular weight excluding hydrogens is 324 g/mol. The Kier molecular flexibility index (Phi) is 4.21. The van der Waals surface area contributed by atoms with Gasteiger partial charge in [-0.25, -0.2) is 4.99 Å². The van der Waals surface area contributed by atoms with E-state index in [4.69, 9.17) is 9.73 Å². The number of rotatable bonds is 4. The molecule has 0 bridgehead atoms. The van der Waals surface area contributed by atoms with Crippen LogP contribution in [0.4, 0.5) is 0 Å². The van der Waals surface area contributed by atoms with Crippen LogP contribution in [-0.4, -0.2) is 23.6 Å². The van der Waals surface area contributed by atoms with Gasteiger partial charge in [0.15, 0.2) is 5.96 Å². The lowest BCUT2D eigenvalue weighted by Crippen LogP contribution is -2.40. The summed E-state index contributed by atoms with van der Waals surface area (Å²) in [6.07, 6.45) is 8.87. The summed E-state index contributed by atoms with van der Waals surface area (Å²) < 4.78 is 5.27. The summed E-state index contributed by atoms with van der Waals surface area (Å²) in [6.45, 7) is 2.80. The summed E-state index contributed by atoms with van der Waals surface area (Å²) in [6, 6.07) is 12.1. The lowest BCUT2D eigenvalue weighted by molar-refractivity contribution is 0.414. The first-order chi connectivity index (χ1) is 12.7. The third kappa shape index (κ3) is 3.20. The van der Waals surface area contributed by atoms with Crippen molar-refractivity contribution in [3.63, 3.8) is 0 Å². The lowest BCUT2D eigenvalue weighted by Gasteiger charge is -2.29. The molecule has 2 aliphatic rings. The number of ether oxygens (including phenoxy) is 1. The molecule has 1 unspecified atom stereocenters. The third-order valence-corrected chi connectivity index (χ3v) is 4.84. The van der Waals surface area contributed by atoms with Crippen molar-refractivity contribution in [2.24, 2.45) is 4.99 Å². The Morgan fingerprint density at radius 2 is 2.04 bits per heavy atom. The standard InChI is InChI=1S/C21H22N4O/c1-21-13-17(16-8-10-22-11-9-16)6-7-19(21)24-20(25-21)23-14-15-4-3-5-18(12-15)26-2/h3-12H,13-14H2,1-2H3,(H2,23,24,25). The number of pyridine rings is 1. The molecule has 4 rings (SSSR count). The topological polar surface area (TPSA) is 58.5 Å². The van der Waals surface area contributed by atoms with Crippen LogP contribution in [0.5, 0.6) is 5.75 Å². The molecule has 1 atom stereocenters. The zero-order valence-electron chi connectivity index (χ0n) is 15.0. The first-order valence-electron chi connectivity index (χ1n) is 8.71.